The summed E-state index contributed by atoms with van der Waals surface area (Å²) in [7, 11) is 0. The Morgan fingerprint density at radius 3 is 2.56 bits per heavy atom. The predicted octanol–water partition coefficient (Wildman–Crippen LogP) is 3.74. The Labute approximate surface area is 101 Å². The van der Waals surface area contributed by atoms with Gasteiger partial charge in [0.15, 0.2) is 5.78 Å². The Morgan fingerprint density at radius 2 is 2.00 bits per heavy atom. The molecule has 0 saturated heterocycles. The fourth-order valence-electron chi connectivity index (χ4n) is 2.25. The number of halogens is 1. The van der Waals surface area contributed by atoms with Gasteiger partial charge < -0.3 is 0 Å². The average molecular weight is 238 g/mol. The lowest BCUT2D eigenvalue weighted by Crippen LogP contribution is -2.21. The summed E-state index contributed by atoms with van der Waals surface area (Å²) in [6.07, 6.45) is 5.86. The first-order valence-electron chi connectivity index (χ1n) is 5.82. The third-order valence-electron chi connectivity index (χ3n) is 3.37. The summed E-state index contributed by atoms with van der Waals surface area (Å²) in [6.45, 7) is 2.25. The van der Waals surface area contributed by atoms with E-state index in [1.54, 1.807) is 18.3 Å². The SMILES string of the molecule is CC1CCC(C(=O)c2ccc(Cl)cn2)CC1. The normalized spacial score (nSPS) is 25.4. The highest BCUT2D eigenvalue weighted by Crippen LogP contribution is 2.30. The standard InChI is InChI=1S/C13H16ClNO/c1-9-2-4-10(5-3-9)13(16)12-7-6-11(14)8-15-12/h6-10H,2-5H2,1H3. The fraction of sp³-hybridized carbons (Fsp3) is 0.538. The number of nitrogens with zero attached hydrogens (tertiary/aromatic N) is 1. The molecule has 0 aromatic carbocycles. The second kappa shape index (κ2) is 4.96. The molecule has 1 aromatic heterocycles. The van der Waals surface area contributed by atoms with Gasteiger partial charge in [-0.2, -0.15) is 0 Å². The lowest BCUT2D eigenvalue weighted by molar-refractivity contribution is 0.0870. The zero-order valence-electron chi connectivity index (χ0n) is 9.45. The van der Waals surface area contributed by atoms with Gasteiger partial charge in [0.2, 0.25) is 0 Å². The van der Waals surface area contributed by atoms with Crippen LogP contribution in [0.2, 0.25) is 5.02 Å². The van der Waals surface area contributed by atoms with E-state index in [2.05, 4.69) is 11.9 Å². The number of ketones is 1. The zero-order valence-corrected chi connectivity index (χ0v) is 10.2. The van der Waals surface area contributed by atoms with Crippen molar-refractivity contribution in [1.29, 1.82) is 0 Å². The van der Waals surface area contributed by atoms with Crippen molar-refractivity contribution in [3.63, 3.8) is 0 Å². The Morgan fingerprint density at radius 1 is 1.31 bits per heavy atom. The number of pyridine rings is 1. The quantitative estimate of drug-likeness (QED) is 0.734. The largest absolute Gasteiger partial charge is 0.292 e. The summed E-state index contributed by atoms with van der Waals surface area (Å²) < 4.78 is 0. The van der Waals surface area contributed by atoms with Gasteiger partial charge in [0.05, 0.1) is 5.02 Å². The molecule has 86 valence electrons. The number of rotatable bonds is 2. The molecule has 0 amide bonds. The number of carbonyl (C=O) groups excluding carboxylic acids is 1. The van der Waals surface area contributed by atoms with E-state index in [-0.39, 0.29) is 11.7 Å². The van der Waals surface area contributed by atoms with Crippen LogP contribution >= 0.6 is 11.6 Å². The van der Waals surface area contributed by atoms with Crippen molar-refractivity contribution in [2.75, 3.05) is 0 Å². The minimum Gasteiger partial charge on any atom is -0.292 e. The molecule has 1 heterocycles. The van der Waals surface area contributed by atoms with Crippen LogP contribution in [0.5, 0.6) is 0 Å². The van der Waals surface area contributed by atoms with Gasteiger partial charge in [0.25, 0.3) is 0 Å². The number of hydrogen-bond acceptors (Lipinski definition) is 2. The van der Waals surface area contributed by atoms with Gasteiger partial charge in [0.1, 0.15) is 5.69 Å². The fourth-order valence-corrected chi connectivity index (χ4v) is 2.36. The second-order valence-electron chi connectivity index (χ2n) is 4.68. The van der Waals surface area contributed by atoms with E-state index in [1.165, 1.54) is 0 Å². The monoisotopic (exact) mass is 237 g/mol. The van der Waals surface area contributed by atoms with Crippen LogP contribution in [0.25, 0.3) is 0 Å². The molecular weight excluding hydrogens is 222 g/mol. The molecule has 0 atom stereocenters. The molecule has 2 rings (SSSR count). The summed E-state index contributed by atoms with van der Waals surface area (Å²) in [5.74, 6) is 1.12. The molecule has 0 N–H and O–H groups in total. The van der Waals surface area contributed by atoms with E-state index >= 15 is 0 Å². The van der Waals surface area contributed by atoms with Crippen molar-refractivity contribution in [2.45, 2.75) is 32.6 Å². The summed E-state index contributed by atoms with van der Waals surface area (Å²) in [6, 6.07) is 3.45. The van der Waals surface area contributed by atoms with Crippen LogP contribution in [0.1, 0.15) is 43.1 Å². The molecular formula is C13H16ClNO. The molecule has 0 aliphatic heterocycles. The predicted molar refractivity (Wildman–Crippen MR) is 64.7 cm³/mol. The van der Waals surface area contributed by atoms with Gasteiger partial charge in [0, 0.05) is 12.1 Å². The topological polar surface area (TPSA) is 30.0 Å². The van der Waals surface area contributed by atoms with Gasteiger partial charge in [-0.15, -0.1) is 0 Å². The summed E-state index contributed by atoms with van der Waals surface area (Å²) in [4.78, 5) is 16.2. The van der Waals surface area contributed by atoms with Crippen LogP contribution in [0.4, 0.5) is 0 Å². The number of aromatic nitrogens is 1. The van der Waals surface area contributed by atoms with E-state index in [4.69, 9.17) is 11.6 Å². The molecule has 0 bridgehead atoms. The smallest absolute Gasteiger partial charge is 0.184 e. The Bertz CT molecular complexity index is 366. The lowest BCUT2D eigenvalue weighted by atomic mass is 9.80. The van der Waals surface area contributed by atoms with Crippen molar-refractivity contribution in [3.8, 4) is 0 Å². The van der Waals surface area contributed by atoms with E-state index in [9.17, 15) is 4.79 Å². The van der Waals surface area contributed by atoms with Crippen LogP contribution in [0.3, 0.4) is 0 Å². The van der Waals surface area contributed by atoms with Crippen molar-refractivity contribution in [2.24, 2.45) is 11.8 Å². The summed E-state index contributed by atoms with van der Waals surface area (Å²) in [5, 5.41) is 0.578. The molecule has 2 nitrogen and oxygen atoms in total. The highest BCUT2D eigenvalue weighted by molar-refractivity contribution is 6.30. The second-order valence-corrected chi connectivity index (χ2v) is 5.12. The molecule has 0 spiro atoms. The van der Waals surface area contributed by atoms with Gasteiger partial charge in [-0.3, -0.25) is 9.78 Å². The van der Waals surface area contributed by atoms with Crippen LogP contribution in [0.15, 0.2) is 18.3 Å². The van der Waals surface area contributed by atoms with Crippen LogP contribution in [-0.4, -0.2) is 10.8 Å². The van der Waals surface area contributed by atoms with Gasteiger partial charge in [-0.05, 0) is 30.9 Å². The van der Waals surface area contributed by atoms with E-state index in [1.807, 2.05) is 0 Å². The molecule has 0 unspecified atom stereocenters. The lowest BCUT2D eigenvalue weighted by Gasteiger charge is -2.24. The van der Waals surface area contributed by atoms with Crippen LogP contribution in [-0.2, 0) is 0 Å². The highest BCUT2D eigenvalue weighted by atomic mass is 35.5. The Kier molecular flexibility index (Phi) is 3.59. The van der Waals surface area contributed by atoms with Crippen molar-refractivity contribution >= 4 is 17.4 Å². The Hall–Kier alpha value is -0.890. The molecule has 3 heteroatoms. The maximum absolute atomic E-state index is 12.1. The summed E-state index contributed by atoms with van der Waals surface area (Å²) >= 11 is 5.75. The minimum absolute atomic E-state index is 0.171. The molecule has 1 aromatic rings. The number of carbonyl (C=O) groups is 1. The average Bonchev–Trinajstić information content (AvgIpc) is 2.30. The number of Topliss-reactive ketones (excluding diaryl/α,β-unsaturated/α-hetero) is 1. The maximum atomic E-state index is 12.1. The van der Waals surface area contributed by atoms with Crippen LogP contribution in [0, 0.1) is 11.8 Å². The zero-order chi connectivity index (χ0) is 11.5. The van der Waals surface area contributed by atoms with Gasteiger partial charge >= 0.3 is 0 Å². The first kappa shape index (κ1) is 11.6. The molecule has 1 fully saturated rings. The highest BCUT2D eigenvalue weighted by Gasteiger charge is 2.25. The minimum atomic E-state index is 0.171. The van der Waals surface area contributed by atoms with E-state index < -0.39 is 0 Å². The summed E-state index contributed by atoms with van der Waals surface area (Å²) in [5.41, 5.74) is 0.559. The van der Waals surface area contributed by atoms with Crippen molar-refractivity contribution in [1.82, 2.24) is 4.98 Å². The maximum Gasteiger partial charge on any atom is 0.184 e. The third kappa shape index (κ3) is 2.62. The molecule has 0 radical (unpaired) electrons. The number of hydrogen-bond donors (Lipinski definition) is 0. The van der Waals surface area contributed by atoms with E-state index in [0.717, 1.165) is 31.6 Å². The van der Waals surface area contributed by atoms with E-state index in [0.29, 0.717) is 10.7 Å². The van der Waals surface area contributed by atoms with Crippen molar-refractivity contribution in [3.05, 3.63) is 29.0 Å². The van der Waals surface area contributed by atoms with Gasteiger partial charge in [-0.1, -0.05) is 31.4 Å². The first-order chi connectivity index (χ1) is 7.66. The van der Waals surface area contributed by atoms with Gasteiger partial charge in [-0.25, -0.2) is 0 Å². The molecule has 1 aliphatic carbocycles. The first-order valence-corrected chi connectivity index (χ1v) is 6.20. The Balaban J connectivity index is 2.05. The third-order valence-corrected chi connectivity index (χ3v) is 3.59. The molecule has 1 saturated carbocycles. The van der Waals surface area contributed by atoms with Crippen LogP contribution < -0.4 is 0 Å². The molecule has 1 aliphatic rings. The molecule has 16 heavy (non-hydrogen) atoms. The van der Waals surface area contributed by atoms with Crippen molar-refractivity contribution < 1.29 is 4.79 Å².